The van der Waals surface area contributed by atoms with E-state index in [4.69, 9.17) is 14.5 Å². The van der Waals surface area contributed by atoms with Gasteiger partial charge in [0.25, 0.3) is 0 Å². The lowest BCUT2D eigenvalue weighted by atomic mass is 9.93. The fraction of sp³-hybridized carbons (Fsp3) is 0.611. The summed E-state index contributed by atoms with van der Waals surface area (Å²) in [5.74, 6) is 3.14. The molecule has 1 unspecified atom stereocenters. The van der Waals surface area contributed by atoms with E-state index in [0.717, 1.165) is 18.8 Å². The van der Waals surface area contributed by atoms with Gasteiger partial charge in [0.1, 0.15) is 24.0 Å². The van der Waals surface area contributed by atoms with Gasteiger partial charge in [-0.25, -0.2) is 4.98 Å². The highest BCUT2D eigenvalue weighted by molar-refractivity contribution is 5.17. The van der Waals surface area contributed by atoms with E-state index in [1.54, 1.807) is 0 Å². The highest BCUT2D eigenvalue weighted by atomic mass is 16.4. The largest absolute Gasteiger partial charge is 0.462 e. The molecule has 5 nitrogen and oxygen atoms in total. The van der Waals surface area contributed by atoms with Gasteiger partial charge in [-0.3, -0.25) is 0 Å². The molecule has 1 aliphatic rings. The Labute approximate surface area is 137 Å². The SMILES string of the molecule is CC(C)(C)c1cn2c(n1)C(CNCc1ccc(CO)o1)CCC2. The Morgan fingerprint density at radius 3 is 2.83 bits per heavy atom. The van der Waals surface area contributed by atoms with Gasteiger partial charge in [0, 0.05) is 30.6 Å². The van der Waals surface area contributed by atoms with Crippen molar-refractivity contribution in [1.82, 2.24) is 14.9 Å². The fourth-order valence-electron chi connectivity index (χ4n) is 3.10. The van der Waals surface area contributed by atoms with Gasteiger partial charge in [0.15, 0.2) is 0 Å². The van der Waals surface area contributed by atoms with Gasteiger partial charge in [-0.15, -0.1) is 0 Å². The molecule has 0 amide bonds. The number of rotatable bonds is 5. The second-order valence-electron chi connectivity index (χ2n) is 7.42. The molecular formula is C18H27N3O2. The van der Waals surface area contributed by atoms with Crippen molar-refractivity contribution >= 4 is 0 Å². The molecule has 0 spiro atoms. The van der Waals surface area contributed by atoms with Gasteiger partial charge in [0.2, 0.25) is 0 Å². The molecular weight excluding hydrogens is 290 g/mol. The third-order valence-electron chi connectivity index (χ3n) is 4.46. The molecule has 0 aliphatic carbocycles. The van der Waals surface area contributed by atoms with Crippen molar-refractivity contribution in [3.05, 3.63) is 41.4 Å². The van der Waals surface area contributed by atoms with Crippen molar-refractivity contribution in [1.29, 1.82) is 0 Å². The molecule has 23 heavy (non-hydrogen) atoms. The first-order valence-corrected chi connectivity index (χ1v) is 8.44. The standard InChI is InChI=1S/C18H27N3O2/c1-18(2,3)16-11-21-8-4-5-13(17(21)20-16)9-19-10-14-6-7-15(12-22)23-14/h6-7,11,13,19,22H,4-5,8-10,12H2,1-3H3. The molecule has 0 saturated heterocycles. The Balaban J connectivity index is 1.62. The third kappa shape index (κ3) is 3.67. The van der Waals surface area contributed by atoms with Crippen LogP contribution >= 0.6 is 0 Å². The van der Waals surface area contributed by atoms with Crippen LogP contribution in [-0.2, 0) is 25.1 Å². The number of furan rings is 1. The van der Waals surface area contributed by atoms with Gasteiger partial charge >= 0.3 is 0 Å². The van der Waals surface area contributed by atoms with E-state index < -0.39 is 0 Å². The summed E-state index contributed by atoms with van der Waals surface area (Å²) in [7, 11) is 0. The number of nitrogens with zero attached hydrogens (tertiary/aromatic N) is 2. The highest BCUT2D eigenvalue weighted by Crippen LogP contribution is 2.30. The van der Waals surface area contributed by atoms with E-state index in [1.807, 2.05) is 12.1 Å². The van der Waals surface area contributed by atoms with Crippen LogP contribution in [0.3, 0.4) is 0 Å². The fourth-order valence-corrected chi connectivity index (χ4v) is 3.10. The predicted octanol–water partition coefficient (Wildman–Crippen LogP) is 2.93. The topological polar surface area (TPSA) is 63.2 Å². The van der Waals surface area contributed by atoms with Crippen LogP contribution in [0.25, 0.3) is 0 Å². The maximum absolute atomic E-state index is 9.03. The number of fused-ring (bicyclic) bond motifs is 1. The molecule has 0 aromatic carbocycles. The van der Waals surface area contributed by atoms with E-state index in [2.05, 4.69) is 36.9 Å². The number of imidazole rings is 1. The number of aromatic nitrogens is 2. The smallest absolute Gasteiger partial charge is 0.129 e. The molecule has 2 N–H and O–H groups in total. The minimum Gasteiger partial charge on any atom is -0.462 e. The van der Waals surface area contributed by atoms with Gasteiger partial charge in [0.05, 0.1) is 12.2 Å². The summed E-state index contributed by atoms with van der Waals surface area (Å²) in [4.78, 5) is 4.91. The lowest BCUT2D eigenvalue weighted by Crippen LogP contribution is -2.26. The molecule has 3 heterocycles. The minimum absolute atomic E-state index is 0.0460. The van der Waals surface area contributed by atoms with Crippen LogP contribution in [0.4, 0.5) is 0 Å². The molecule has 5 heteroatoms. The molecule has 2 aromatic rings. The lowest BCUT2D eigenvalue weighted by Gasteiger charge is -2.23. The first kappa shape index (κ1) is 16.3. The average molecular weight is 317 g/mol. The van der Waals surface area contributed by atoms with E-state index in [9.17, 15) is 0 Å². The van der Waals surface area contributed by atoms with Crippen LogP contribution in [0.15, 0.2) is 22.7 Å². The van der Waals surface area contributed by atoms with E-state index in [0.29, 0.717) is 18.2 Å². The zero-order valence-corrected chi connectivity index (χ0v) is 14.3. The molecule has 0 bridgehead atoms. The molecule has 126 valence electrons. The summed E-state index contributed by atoms with van der Waals surface area (Å²) in [5, 5.41) is 12.5. The summed E-state index contributed by atoms with van der Waals surface area (Å²) in [5.41, 5.74) is 1.27. The van der Waals surface area contributed by atoms with Gasteiger partial charge < -0.3 is 19.4 Å². The van der Waals surface area contributed by atoms with Gasteiger partial charge in [-0.2, -0.15) is 0 Å². The van der Waals surface area contributed by atoms with Crippen LogP contribution in [-0.4, -0.2) is 21.2 Å². The first-order chi connectivity index (χ1) is 11.0. The molecule has 0 radical (unpaired) electrons. The highest BCUT2D eigenvalue weighted by Gasteiger charge is 2.26. The summed E-state index contributed by atoms with van der Waals surface area (Å²) >= 11 is 0. The van der Waals surface area contributed by atoms with Crippen LogP contribution in [0.2, 0.25) is 0 Å². The van der Waals surface area contributed by atoms with Crippen molar-refractivity contribution in [3.8, 4) is 0 Å². The first-order valence-electron chi connectivity index (χ1n) is 8.44. The van der Waals surface area contributed by atoms with Crippen LogP contribution in [0.5, 0.6) is 0 Å². The zero-order chi connectivity index (χ0) is 16.4. The molecule has 3 rings (SSSR count). The molecule has 2 aromatic heterocycles. The second-order valence-corrected chi connectivity index (χ2v) is 7.42. The second kappa shape index (κ2) is 6.49. The quantitative estimate of drug-likeness (QED) is 0.890. The van der Waals surface area contributed by atoms with Crippen molar-refractivity contribution in [2.45, 2.75) is 64.6 Å². The Kier molecular flexibility index (Phi) is 4.60. The number of hydrogen-bond donors (Lipinski definition) is 2. The van der Waals surface area contributed by atoms with Gasteiger partial charge in [-0.1, -0.05) is 20.8 Å². The van der Waals surface area contributed by atoms with Crippen LogP contribution in [0.1, 0.15) is 62.6 Å². The maximum Gasteiger partial charge on any atom is 0.129 e. The third-order valence-corrected chi connectivity index (χ3v) is 4.46. The molecule has 1 atom stereocenters. The predicted molar refractivity (Wildman–Crippen MR) is 89.2 cm³/mol. The maximum atomic E-state index is 9.03. The number of aliphatic hydroxyl groups excluding tert-OH is 1. The molecule has 0 saturated carbocycles. The molecule has 1 aliphatic heterocycles. The number of aryl methyl sites for hydroxylation is 1. The summed E-state index contributed by atoms with van der Waals surface area (Å²) in [6.45, 7) is 9.25. The molecule has 0 fully saturated rings. The van der Waals surface area contributed by atoms with Gasteiger partial charge in [-0.05, 0) is 25.0 Å². The Morgan fingerprint density at radius 1 is 1.35 bits per heavy atom. The van der Waals surface area contributed by atoms with Crippen molar-refractivity contribution in [2.24, 2.45) is 0 Å². The summed E-state index contributed by atoms with van der Waals surface area (Å²) in [6.07, 6.45) is 4.60. The van der Waals surface area contributed by atoms with Crippen LogP contribution in [0, 0.1) is 0 Å². The van der Waals surface area contributed by atoms with Crippen molar-refractivity contribution < 1.29 is 9.52 Å². The monoisotopic (exact) mass is 317 g/mol. The normalized spacial score (nSPS) is 18.2. The number of nitrogens with one attached hydrogen (secondary N) is 1. The Bertz CT molecular complexity index is 652. The summed E-state index contributed by atoms with van der Waals surface area (Å²) in [6, 6.07) is 3.73. The average Bonchev–Trinajstić information content (AvgIpc) is 3.13. The Morgan fingerprint density at radius 2 is 2.13 bits per heavy atom. The van der Waals surface area contributed by atoms with Crippen LogP contribution < -0.4 is 5.32 Å². The minimum atomic E-state index is -0.0460. The van der Waals surface area contributed by atoms with E-state index in [-0.39, 0.29) is 12.0 Å². The zero-order valence-electron chi connectivity index (χ0n) is 14.3. The number of aliphatic hydroxyl groups is 1. The van der Waals surface area contributed by atoms with Crippen molar-refractivity contribution in [3.63, 3.8) is 0 Å². The lowest BCUT2D eigenvalue weighted by molar-refractivity contribution is 0.242. The van der Waals surface area contributed by atoms with Crippen molar-refractivity contribution in [2.75, 3.05) is 6.54 Å². The summed E-state index contributed by atoms with van der Waals surface area (Å²) < 4.78 is 7.83. The van der Waals surface area contributed by atoms with E-state index in [1.165, 1.54) is 24.4 Å². The number of hydrogen-bond acceptors (Lipinski definition) is 4. The van der Waals surface area contributed by atoms with E-state index >= 15 is 0 Å². The Hall–Kier alpha value is -1.59.